The summed E-state index contributed by atoms with van der Waals surface area (Å²) in [5.74, 6) is -1.34. The summed E-state index contributed by atoms with van der Waals surface area (Å²) >= 11 is 0. The molecule has 0 amide bonds. The zero-order valence-electron chi connectivity index (χ0n) is 15.9. The average molecular weight is 361 g/mol. The van der Waals surface area contributed by atoms with Gasteiger partial charge >= 0.3 is 5.97 Å². The van der Waals surface area contributed by atoms with E-state index in [2.05, 4.69) is 38.1 Å². The van der Waals surface area contributed by atoms with Crippen molar-refractivity contribution < 1.29 is 14.3 Å². The van der Waals surface area contributed by atoms with E-state index >= 15 is 0 Å². The molecule has 27 heavy (non-hydrogen) atoms. The van der Waals surface area contributed by atoms with E-state index in [9.17, 15) is 9.59 Å². The summed E-state index contributed by atoms with van der Waals surface area (Å²) in [5.41, 5.74) is 5.34. The van der Waals surface area contributed by atoms with Gasteiger partial charge in [0.25, 0.3) is 0 Å². The van der Waals surface area contributed by atoms with Gasteiger partial charge in [-0.25, -0.2) is 0 Å². The lowest BCUT2D eigenvalue weighted by atomic mass is 9.87. The lowest BCUT2D eigenvalue weighted by Gasteiger charge is -2.18. The number of nitrogens with zero attached hydrogens (tertiary/aromatic N) is 1. The Hall–Kier alpha value is -2.88. The third-order valence-electron chi connectivity index (χ3n) is 5.73. The Bertz CT molecular complexity index is 1030. The standard InChI is InChI=1S/C23H23NO3/c1-14-8-10-16(11-9-14)18-12-13-19(23(26)27-3)22(25)24-20-7-5-4-6-17(20)15(2)21(18)24/h4-11,18-19H,12-13H2,1-3H3/t18-,19-/m0/s1. The van der Waals surface area contributed by atoms with E-state index < -0.39 is 11.9 Å². The maximum absolute atomic E-state index is 13.4. The molecule has 1 aromatic heterocycles. The van der Waals surface area contributed by atoms with Crippen molar-refractivity contribution in [3.63, 3.8) is 0 Å². The largest absolute Gasteiger partial charge is 0.468 e. The maximum atomic E-state index is 13.4. The molecule has 0 aliphatic carbocycles. The third-order valence-corrected chi connectivity index (χ3v) is 5.73. The highest BCUT2D eigenvalue weighted by Crippen LogP contribution is 2.41. The Morgan fingerprint density at radius 2 is 1.74 bits per heavy atom. The van der Waals surface area contributed by atoms with Gasteiger partial charge in [0.2, 0.25) is 5.91 Å². The molecular weight excluding hydrogens is 338 g/mol. The maximum Gasteiger partial charge on any atom is 0.318 e. The van der Waals surface area contributed by atoms with Gasteiger partial charge in [-0.15, -0.1) is 0 Å². The summed E-state index contributed by atoms with van der Waals surface area (Å²) in [6, 6.07) is 16.4. The number of fused-ring (bicyclic) bond motifs is 3. The van der Waals surface area contributed by atoms with Gasteiger partial charge in [0.1, 0.15) is 5.92 Å². The number of ether oxygens (including phenoxy) is 1. The molecule has 4 heteroatoms. The van der Waals surface area contributed by atoms with Crippen molar-refractivity contribution in [1.29, 1.82) is 0 Å². The van der Waals surface area contributed by atoms with Crippen molar-refractivity contribution in [2.24, 2.45) is 5.92 Å². The molecule has 4 nitrogen and oxygen atoms in total. The number of esters is 1. The number of hydrogen-bond donors (Lipinski definition) is 0. The lowest BCUT2D eigenvalue weighted by molar-refractivity contribution is -0.144. The zero-order chi connectivity index (χ0) is 19.1. The van der Waals surface area contributed by atoms with Crippen molar-refractivity contribution in [2.45, 2.75) is 32.6 Å². The minimum atomic E-state index is -0.764. The molecular formula is C23H23NO3. The Balaban J connectivity index is 1.98. The molecule has 138 valence electrons. The fourth-order valence-corrected chi connectivity index (χ4v) is 4.31. The molecule has 4 rings (SSSR count). The van der Waals surface area contributed by atoms with Crippen LogP contribution >= 0.6 is 0 Å². The topological polar surface area (TPSA) is 48.3 Å². The van der Waals surface area contributed by atoms with Crippen molar-refractivity contribution in [1.82, 2.24) is 4.57 Å². The minimum Gasteiger partial charge on any atom is -0.468 e. The van der Waals surface area contributed by atoms with E-state index in [1.54, 1.807) is 4.57 Å². The van der Waals surface area contributed by atoms with Gasteiger partial charge in [-0.3, -0.25) is 14.2 Å². The molecule has 1 aliphatic rings. The molecule has 0 unspecified atom stereocenters. The van der Waals surface area contributed by atoms with Gasteiger partial charge < -0.3 is 4.74 Å². The second-order valence-corrected chi connectivity index (χ2v) is 7.32. The van der Waals surface area contributed by atoms with Gasteiger partial charge in [0.15, 0.2) is 0 Å². The summed E-state index contributed by atoms with van der Waals surface area (Å²) in [5, 5.41) is 1.06. The van der Waals surface area contributed by atoms with Crippen molar-refractivity contribution >= 4 is 22.8 Å². The SMILES string of the molecule is COC(=O)[C@H]1CC[C@@H](c2ccc(C)cc2)c2c(C)c3ccccc3n2C1=O. The fraction of sp³-hybridized carbons (Fsp3) is 0.304. The number of methoxy groups -OCH3 is 1. The number of carbonyl (C=O) groups is 2. The lowest BCUT2D eigenvalue weighted by Crippen LogP contribution is -2.29. The third kappa shape index (κ3) is 2.76. The predicted octanol–water partition coefficient (Wildman–Crippen LogP) is 4.61. The molecule has 2 aromatic carbocycles. The van der Waals surface area contributed by atoms with E-state index in [1.807, 2.05) is 24.3 Å². The number of benzene rings is 2. The Labute approximate surface area is 158 Å². The van der Waals surface area contributed by atoms with Crippen LogP contribution in [0.4, 0.5) is 0 Å². The molecule has 0 saturated heterocycles. The molecule has 3 aromatic rings. The van der Waals surface area contributed by atoms with Crippen molar-refractivity contribution in [3.8, 4) is 0 Å². The molecule has 0 N–H and O–H groups in total. The second-order valence-electron chi connectivity index (χ2n) is 7.32. The molecule has 1 aliphatic heterocycles. The molecule has 2 heterocycles. The van der Waals surface area contributed by atoms with Crippen LogP contribution in [0.2, 0.25) is 0 Å². The number of carbonyl (C=O) groups excluding carboxylic acids is 2. The highest BCUT2D eigenvalue weighted by Gasteiger charge is 2.38. The smallest absolute Gasteiger partial charge is 0.318 e. The van der Waals surface area contributed by atoms with Crippen LogP contribution in [0.5, 0.6) is 0 Å². The molecule has 0 spiro atoms. The quantitative estimate of drug-likeness (QED) is 0.494. The average Bonchev–Trinajstić information content (AvgIpc) is 2.88. The predicted molar refractivity (Wildman–Crippen MR) is 105 cm³/mol. The highest BCUT2D eigenvalue weighted by atomic mass is 16.5. The van der Waals surface area contributed by atoms with E-state index in [4.69, 9.17) is 4.74 Å². The minimum absolute atomic E-state index is 0.0663. The first-order valence-electron chi connectivity index (χ1n) is 9.31. The normalized spacial score (nSPS) is 19.6. The molecule has 2 atom stereocenters. The number of aryl methyl sites for hydroxylation is 2. The Morgan fingerprint density at radius 1 is 1.04 bits per heavy atom. The van der Waals surface area contributed by atoms with Crippen LogP contribution < -0.4 is 0 Å². The van der Waals surface area contributed by atoms with Gasteiger partial charge in [-0.2, -0.15) is 0 Å². The molecule has 0 saturated carbocycles. The van der Waals surface area contributed by atoms with Crippen LogP contribution in [-0.2, 0) is 9.53 Å². The monoisotopic (exact) mass is 361 g/mol. The summed E-state index contributed by atoms with van der Waals surface area (Å²) in [7, 11) is 1.35. The van der Waals surface area contributed by atoms with Crippen LogP contribution in [0.1, 0.15) is 45.9 Å². The van der Waals surface area contributed by atoms with Crippen molar-refractivity contribution in [3.05, 3.63) is 70.9 Å². The molecule has 0 radical (unpaired) electrons. The summed E-state index contributed by atoms with van der Waals surface area (Å²) < 4.78 is 6.70. The highest BCUT2D eigenvalue weighted by molar-refractivity contribution is 6.05. The van der Waals surface area contributed by atoms with Crippen LogP contribution in [0.15, 0.2) is 48.5 Å². The van der Waals surface area contributed by atoms with Crippen LogP contribution in [0.25, 0.3) is 10.9 Å². The van der Waals surface area contributed by atoms with Gasteiger partial charge in [0, 0.05) is 17.0 Å². The van der Waals surface area contributed by atoms with Gasteiger partial charge in [-0.1, -0.05) is 48.0 Å². The first-order valence-corrected chi connectivity index (χ1v) is 9.31. The van der Waals surface area contributed by atoms with Crippen LogP contribution in [-0.4, -0.2) is 23.6 Å². The van der Waals surface area contributed by atoms with E-state index in [-0.39, 0.29) is 11.8 Å². The van der Waals surface area contributed by atoms with Crippen molar-refractivity contribution in [2.75, 3.05) is 7.11 Å². The summed E-state index contributed by atoms with van der Waals surface area (Å²) in [6.45, 7) is 4.14. The number of rotatable bonds is 2. The molecule has 0 bridgehead atoms. The van der Waals surface area contributed by atoms with Crippen LogP contribution in [0, 0.1) is 19.8 Å². The van der Waals surface area contributed by atoms with E-state index in [1.165, 1.54) is 18.2 Å². The first-order chi connectivity index (χ1) is 13.0. The Kier molecular flexibility index (Phi) is 4.34. The second kappa shape index (κ2) is 6.69. The summed E-state index contributed by atoms with van der Waals surface area (Å²) in [6.07, 6.45) is 1.21. The van der Waals surface area contributed by atoms with Crippen LogP contribution in [0.3, 0.4) is 0 Å². The molecule has 0 fully saturated rings. The zero-order valence-corrected chi connectivity index (χ0v) is 15.9. The van der Waals surface area contributed by atoms with E-state index in [0.717, 1.165) is 28.6 Å². The summed E-state index contributed by atoms with van der Waals surface area (Å²) in [4.78, 5) is 25.7. The fourth-order valence-electron chi connectivity index (χ4n) is 4.31. The Morgan fingerprint density at radius 3 is 2.44 bits per heavy atom. The van der Waals surface area contributed by atoms with Gasteiger partial charge in [0.05, 0.1) is 12.6 Å². The van der Waals surface area contributed by atoms with Gasteiger partial charge in [-0.05, 0) is 43.9 Å². The first kappa shape index (κ1) is 17.5. The number of para-hydroxylation sites is 1. The van der Waals surface area contributed by atoms with E-state index in [0.29, 0.717) is 6.42 Å². The number of aromatic nitrogens is 1. The number of hydrogen-bond acceptors (Lipinski definition) is 3.